The number of para-hydroxylation sites is 1. The molecule has 0 aliphatic rings. The normalized spacial score (nSPS) is 9.44. The van der Waals surface area contributed by atoms with Gasteiger partial charge in [0, 0.05) is 14.1 Å². The smallest absolute Gasteiger partial charge is 0.321 e. The van der Waals surface area contributed by atoms with Crippen molar-refractivity contribution < 1.29 is 14.8 Å². The third kappa shape index (κ3) is 2.71. The summed E-state index contributed by atoms with van der Waals surface area (Å²) in [5, 5.41) is 11.1. The number of anilines is 1. The Morgan fingerprint density at radius 3 is 2.44 bits per heavy atom. The lowest BCUT2D eigenvalue weighted by Crippen LogP contribution is -2.29. The van der Waals surface area contributed by atoms with Crippen molar-refractivity contribution in [1.82, 2.24) is 10.4 Å². The van der Waals surface area contributed by atoms with Crippen LogP contribution in [0, 0.1) is 0 Å². The van der Waals surface area contributed by atoms with E-state index in [2.05, 4.69) is 5.32 Å². The molecule has 6 heteroatoms. The van der Waals surface area contributed by atoms with Gasteiger partial charge in [0.2, 0.25) is 0 Å². The van der Waals surface area contributed by atoms with Crippen molar-refractivity contribution in [1.29, 1.82) is 0 Å². The van der Waals surface area contributed by atoms with Crippen molar-refractivity contribution in [2.75, 3.05) is 19.4 Å². The summed E-state index contributed by atoms with van der Waals surface area (Å²) in [7, 11) is 3.17. The first kappa shape index (κ1) is 12.0. The van der Waals surface area contributed by atoms with Gasteiger partial charge < -0.3 is 10.2 Å². The molecular weight excluding hydrogens is 210 g/mol. The van der Waals surface area contributed by atoms with Crippen molar-refractivity contribution in [3.8, 4) is 0 Å². The van der Waals surface area contributed by atoms with Gasteiger partial charge in [0.1, 0.15) is 0 Å². The molecule has 16 heavy (non-hydrogen) atoms. The number of hydroxylamine groups is 1. The third-order valence-electron chi connectivity index (χ3n) is 1.92. The molecule has 0 aromatic heterocycles. The summed E-state index contributed by atoms with van der Waals surface area (Å²) >= 11 is 0. The topological polar surface area (TPSA) is 81.7 Å². The molecule has 3 amide bonds. The highest BCUT2D eigenvalue weighted by Crippen LogP contribution is 2.14. The number of nitrogens with zero attached hydrogens (tertiary/aromatic N) is 1. The second-order valence-corrected chi connectivity index (χ2v) is 3.31. The first-order chi connectivity index (χ1) is 7.56. The highest BCUT2D eigenvalue weighted by atomic mass is 16.5. The molecule has 86 valence electrons. The molecular formula is C10H13N3O3. The summed E-state index contributed by atoms with van der Waals surface area (Å²) in [6, 6.07) is 6.04. The minimum absolute atomic E-state index is 0.195. The molecule has 0 bridgehead atoms. The van der Waals surface area contributed by atoms with E-state index in [1.165, 1.54) is 16.4 Å². The van der Waals surface area contributed by atoms with Crippen molar-refractivity contribution in [3.05, 3.63) is 29.8 Å². The fourth-order valence-electron chi connectivity index (χ4n) is 1.08. The summed E-state index contributed by atoms with van der Waals surface area (Å²) in [5.41, 5.74) is 2.06. The zero-order valence-corrected chi connectivity index (χ0v) is 9.02. The Balaban J connectivity index is 2.95. The van der Waals surface area contributed by atoms with Crippen LogP contribution < -0.4 is 10.8 Å². The molecule has 0 saturated heterocycles. The van der Waals surface area contributed by atoms with Gasteiger partial charge in [-0.1, -0.05) is 12.1 Å². The van der Waals surface area contributed by atoms with Crippen molar-refractivity contribution >= 4 is 17.6 Å². The maximum atomic E-state index is 11.4. The molecule has 1 aromatic rings. The van der Waals surface area contributed by atoms with Crippen LogP contribution in [-0.4, -0.2) is 36.1 Å². The van der Waals surface area contributed by atoms with Gasteiger partial charge in [0.05, 0.1) is 11.3 Å². The van der Waals surface area contributed by atoms with Crippen LogP contribution in [0.1, 0.15) is 10.4 Å². The lowest BCUT2D eigenvalue weighted by molar-refractivity contribution is 0.0707. The first-order valence-corrected chi connectivity index (χ1v) is 4.58. The lowest BCUT2D eigenvalue weighted by atomic mass is 10.1. The van der Waals surface area contributed by atoms with E-state index >= 15 is 0 Å². The maximum Gasteiger partial charge on any atom is 0.321 e. The number of hydrogen-bond donors (Lipinski definition) is 3. The fraction of sp³-hybridized carbons (Fsp3) is 0.200. The monoisotopic (exact) mass is 223 g/mol. The quantitative estimate of drug-likeness (QED) is 0.514. The van der Waals surface area contributed by atoms with Gasteiger partial charge in [-0.15, -0.1) is 0 Å². The second-order valence-electron chi connectivity index (χ2n) is 3.31. The molecule has 3 N–H and O–H groups in total. The minimum atomic E-state index is -0.672. The molecule has 0 fully saturated rings. The van der Waals surface area contributed by atoms with Crippen LogP contribution in [0.5, 0.6) is 0 Å². The Bertz CT molecular complexity index is 404. The number of benzene rings is 1. The summed E-state index contributed by atoms with van der Waals surface area (Å²) in [4.78, 5) is 24.0. The minimum Gasteiger partial charge on any atom is -0.331 e. The summed E-state index contributed by atoms with van der Waals surface area (Å²) in [6.45, 7) is 0. The Morgan fingerprint density at radius 2 is 1.88 bits per heavy atom. The van der Waals surface area contributed by atoms with E-state index in [0.29, 0.717) is 5.69 Å². The van der Waals surface area contributed by atoms with E-state index in [0.717, 1.165) is 0 Å². The Morgan fingerprint density at radius 1 is 1.25 bits per heavy atom. The van der Waals surface area contributed by atoms with Crippen LogP contribution in [0.2, 0.25) is 0 Å². The van der Waals surface area contributed by atoms with Gasteiger partial charge in [-0.05, 0) is 12.1 Å². The molecule has 0 aliphatic heterocycles. The average Bonchev–Trinajstić information content (AvgIpc) is 2.28. The van der Waals surface area contributed by atoms with Crippen LogP contribution in [0.25, 0.3) is 0 Å². The van der Waals surface area contributed by atoms with Crippen molar-refractivity contribution in [2.24, 2.45) is 0 Å². The van der Waals surface area contributed by atoms with Gasteiger partial charge in [0.25, 0.3) is 5.91 Å². The molecule has 0 spiro atoms. The number of carbonyl (C=O) groups is 2. The van der Waals surface area contributed by atoms with Gasteiger partial charge in [-0.2, -0.15) is 0 Å². The first-order valence-electron chi connectivity index (χ1n) is 4.58. The molecule has 6 nitrogen and oxygen atoms in total. The van der Waals surface area contributed by atoms with E-state index in [1.807, 2.05) is 0 Å². The van der Waals surface area contributed by atoms with Gasteiger partial charge >= 0.3 is 6.03 Å². The third-order valence-corrected chi connectivity index (χ3v) is 1.92. The van der Waals surface area contributed by atoms with Gasteiger partial charge in [-0.25, -0.2) is 10.3 Å². The highest BCUT2D eigenvalue weighted by molar-refractivity contribution is 6.02. The molecule has 0 radical (unpaired) electrons. The Hall–Kier alpha value is -2.08. The van der Waals surface area contributed by atoms with E-state index < -0.39 is 5.91 Å². The van der Waals surface area contributed by atoms with Crippen LogP contribution in [0.15, 0.2) is 24.3 Å². The second kappa shape index (κ2) is 5.13. The van der Waals surface area contributed by atoms with E-state index in [-0.39, 0.29) is 11.6 Å². The summed E-state index contributed by atoms with van der Waals surface area (Å²) in [6.07, 6.45) is 0. The number of nitrogens with one attached hydrogen (secondary N) is 2. The Labute approximate surface area is 92.8 Å². The van der Waals surface area contributed by atoms with Crippen LogP contribution >= 0.6 is 0 Å². The average molecular weight is 223 g/mol. The zero-order valence-electron chi connectivity index (χ0n) is 9.02. The molecule has 0 atom stereocenters. The maximum absolute atomic E-state index is 11.4. The molecule has 0 unspecified atom stereocenters. The van der Waals surface area contributed by atoms with Crippen LogP contribution in [0.3, 0.4) is 0 Å². The van der Waals surface area contributed by atoms with Crippen LogP contribution in [0.4, 0.5) is 10.5 Å². The van der Waals surface area contributed by atoms with Crippen LogP contribution in [-0.2, 0) is 0 Å². The highest BCUT2D eigenvalue weighted by Gasteiger charge is 2.12. The molecule has 0 saturated carbocycles. The predicted molar refractivity (Wildman–Crippen MR) is 58.4 cm³/mol. The molecule has 1 aromatic carbocycles. The molecule has 0 aliphatic carbocycles. The predicted octanol–water partition coefficient (Wildman–Crippen LogP) is 0.899. The Kier molecular flexibility index (Phi) is 3.84. The fourth-order valence-corrected chi connectivity index (χ4v) is 1.08. The van der Waals surface area contributed by atoms with E-state index in [1.54, 1.807) is 32.3 Å². The van der Waals surface area contributed by atoms with E-state index in [4.69, 9.17) is 5.21 Å². The SMILES string of the molecule is CN(C)C(=O)Nc1ccccc1C(=O)NO. The van der Waals surface area contributed by atoms with Gasteiger partial charge in [0.15, 0.2) is 0 Å². The summed E-state index contributed by atoms with van der Waals surface area (Å²) < 4.78 is 0. The standard InChI is InChI=1S/C10H13N3O3/c1-13(2)10(15)11-8-6-4-3-5-7(8)9(14)12-16/h3-6,16H,1-2H3,(H,11,15)(H,12,14). The van der Waals surface area contributed by atoms with Crippen molar-refractivity contribution in [3.63, 3.8) is 0 Å². The number of rotatable bonds is 2. The molecule has 1 rings (SSSR count). The number of carbonyl (C=O) groups excluding carboxylic acids is 2. The van der Waals surface area contributed by atoms with Crippen molar-refractivity contribution in [2.45, 2.75) is 0 Å². The number of urea groups is 1. The molecule has 0 heterocycles. The van der Waals surface area contributed by atoms with Gasteiger partial charge in [-0.3, -0.25) is 10.0 Å². The lowest BCUT2D eigenvalue weighted by Gasteiger charge is -2.14. The number of hydrogen-bond acceptors (Lipinski definition) is 3. The summed E-state index contributed by atoms with van der Waals surface area (Å²) in [5.74, 6) is -0.672. The zero-order chi connectivity index (χ0) is 12.1. The number of amides is 3. The van der Waals surface area contributed by atoms with E-state index in [9.17, 15) is 9.59 Å². The largest absolute Gasteiger partial charge is 0.331 e.